The standard InChI is InChI=1S/C9H6ClN5O3/c10-5-6(12-2-1-11-5)14-7(16)4-3-13-9(18)15-8(4)17/h1-3H,(H,12,14,16)(H2,13,15,17,18). The predicted molar refractivity (Wildman–Crippen MR) is 62.7 cm³/mol. The van der Waals surface area contributed by atoms with Crippen LogP contribution in [0.15, 0.2) is 28.2 Å². The minimum absolute atomic E-state index is 0.00768. The highest BCUT2D eigenvalue weighted by molar-refractivity contribution is 6.32. The maximum atomic E-state index is 11.7. The number of nitrogens with one attached hydrogen (secondary N) is 3. The van der Waals surface area contributed by atoms with Crippen molar-refractivity contribution in [1.82, 2.24) is 19.9 Å². The van der Waals surface area contributed by atoms with Crippen LogP contribution in [0.1, 0.15) is 10.4 Å². The summed E-state index contributed by atoms with van der Waals surface area (Å²) in [5, 5.41) is 2.29. The third kappa shape index (κ3) is 2.43. The van der Waals surface area contributed by atoms with Gasteiger partial charge in [0.1, 0.15) is 5.56 Å². The van der Waals surface area contributed by atoms with E-state index in [0.29, 0.717) is 0 Å². The highest BCUT2D eigenvalue weighted by atomic mass is 35.5. The number of hydrogen-bond donors (Lipinski definition) is 3. The molecule has 18 heavy (non-hydrogen) atoms. The molecule has 1 amide bonds. The molecule has 0 saturated heterocycles. The molecule has 8 nitrogen and oxygen atoms in total. The lowest BCUT2D eigenvalue weighted by Crippen LogP contribution is -2.29. The van der Waals surface area contributed by atoms with Crippen molar-refractivity contribution in [2.45, 2.75) is 0 Å². The predicted octanol–water partition coefficient (Wildman–Crippen LogP) is -0.241. The third-order valence-corrected chi connectivity index (χ3v) is 2.23. The van der Waals surface area contributed by atoms with Gasteiger partial charge in [0.25, 0.3) is 11.5 Å². The molecule has 0 fully saturated rings. The molecule has 2 aromatic rings. The number of hydrogen-bond acceptors (Lipinski definition) is 5. The smallest absolute Gasteiger partial charge is 0.313 e. The van der Waals surface area contributed by atoms with Gasteiger partial charge in [0.05, 0.1) is 0 Å². The van der Waals surface area contributed by atoms with Crippen LogP contribution in [0.2, 0.25) is 5.15 Å². The van der Waals surface area contributed by atoms with Crippen LogP contribution in [-0.2, 0) is 0 Å². The Labute approximate surface area is 104 Å². The lowest BCUT2D eigenvalue weighted by molar-refractivity contribution is 0.102. The van der Waals surface area contributed by atoms with Crippen LogP contribution in [-0.4, -0.2) is 25.8 Å². The number of carbonyl (C=O) groups is 1. The first-order valence-corrected chi connectivity index (χ1v) is 5.05. The Kier molecular flexibility index (Phi) is 3.20. The summed E-state index contributed by atoms with van der Waals surface area (Å²) >= 11 is 5.69. The highest BCUT2D eigenvalue weighted by Crippen LogP contribution is 2.14. The number of H-pyrrole nitrogens is 2. The second-order valence-electron chi connectivity index (χ2n) is 3.14. The van der Waals surface area contributed by atoms with Gasteiger partial charge in [-0.15, -0.1) is 0 Å². The molecular weight excluding hydrogens is 262 g/mol. The zero-order chi connectivity index (χ0) is 13.1. The molecule has 0 spiro atoms. The lowest BCUT2D eigenvalue weighted by Gasteiger charge is -2.03. The summed E-state index contributed by atoms with van der Waals surface area (Å²) in [6.07, 6.45) is 3.68. The fourth-order valence-corrected chi connectivity index (χ4v) is 1.31. The second kappa shape index (κ2) is 4.80. The maximum absolute atomic E-state index is 11.7. The number of halogens is 1. The molecule has 2 rings (SSSR count). The van der Waals surface area contributed by atoms with Gasteiger partial charge in [0.15, 0.2) is 11.0 Å². The minimum Gasteiger partial charge on any atom is -0.313 e. The van der Waals surface area contributed by atoms with Crippen molar-refractivity contribution in [3.05, 3.63) is 50.1 Å². The average molecular weight is 268 g/mol. The van der Waals surface area contributed by atoms with E-state index in [1.165, 1.54) is 12.4 Å². The average Bonchev–Trinajstić information content (AvgIpc) is 2.32. The second-order valence-corrected chi connectivity index (χ2v) is 3.49. The quantitative estimate of drug-likeness (QED) is 0.693. The number of aromatic amines is 2. The fourth-order valence-electron chi connectivity index (χ4n) is 1.16. The van der Waals surface area contributed by atoms with Crippen molar-refractivity contribution in [3.63, 3.8) is 0 Å². The van der Waals surface area contributed by atoms with Gasteiger partial charge in [0.2, 0.25) is 0 Å². The summed E-state index contributed by atoms with van der Waals surface area (Å²) < 4.78 is 0. The van der Waals surface area contributed by atoms with Gasteiger partial charge < -0.3 is 10.3 Å². The fraction of sp³-hybridized carbons (Fsp3) is 0. The number of anilines is 1. The summed E-state index contributed by atoms with van der Waals surface area (Å²) in [5.41, 5.74) is -1.78. The van der Waals surface area contributed by atoms with Gasteiger partial charge in [0, 0.05) is 18.6 Å². The van der Waals surface area contributed by atoms with Crippen LogP contribution in [0.5, 0.6) is 0 Å². The normalized spacial score (nSPS) is 10.1. The summed E-state index contributed by atoms with van der Waals surface area (Å²) in [7, 11) is 0. The largest absolute Gasteiger partial charge is 0.325 e. The van der Waals surface area contributed by atoms with E-state index in [9.17, 15) is 14.4 Å². The lowest BCUT2D eigenvalue weighted by atomic mass is 10.3. The zero-order valence-corrected chi connectivity index (χ0v) is 9.49. The third-order valence-electron chi connectivity index (χ3n) is 1.95. The Balaban J connectivity index is 2.31. The monoisotopic (exact) mass is 267 g/mol. The molecule has 92 valence electrons. The van der Waals surface area contributed by atoms with Crippen molar-refractivity contribution in [2.75, 3.05) is 5.32 Å². The van der Waals surface area contributed by atoms with Gasteiger partial charge in [-0.05, 0) is 0 Å². The zero-order valence-electron chi connectivity index (χ0n) is 8.73. The van der Waals surface area contributed by atoms with Crippen molar-refractivity contribution in [1.29, 1.82) is 0 Å². The summed E-state index contributed by atoms with van der Waals surface area (Å²) in [6.45, 7) is 0. The molecule has 9 heteroatoms. The molecule has 0 bridgehead atoms. The first kappa shape index (κ1) is 12.0. The Morgan fingerprint density at radius 1 is 1.28 bits per heavy atom. The highest BCUT2D eigenvalue weighted by Gasteiger charge is 2.13. The topological polar surface area (TPSA) is 121 Å². The molecule has 0 atom stereocenters. The van der Waals surface area contributed by atoms with E-state index in [4.69, 9.17) is 11.6 Å². The Morgan fingerprint density at radius 2 is 2.00 bits per heavy atom. The van der Waals surface area contributed by atoms with Gasteiger partial charge in [-0.2, -0.15) is 0 Å². The number of nitrogens with zero attached hydrogens (tertiary/aromatic N) is 2. The van der Waals surface area contributed by atoms with Crippen LogP contribution < -0.4 is 16.6 Å². The number of aromatic nitrogens is 4. The molecule has 0 aliphatic heterocycles. The molecule has 0 radical (unpaired) electrons. The first-order chi connectivity index (χ1) is 8.58. The maximum Gasteiger partial charge on any atom is 0.325 e. The van der Waals surface area contributed by atoms with Gasteiger partial charge in [-0.3, -0.25) is 14.6 Å². The number of rotatable bonds is 2. The summed E-state index contributed by atoms with van der Waals surface area (Å²) in [6, 6.07) is 0. The van der Waals surface area contributed by atoms with Crippen LogP contribution in [0.4, 0.5) is 5.82 Å². The van der Waals surface area contributed by atoms with Crippen LogP contribution in [0, 0.1) is 0 Å². The molecule has 0 saturated carbocycles. The molecule has 2 aromatic heterocycles. The SMILES string of the molecule is O=C(Nc1nccnc1Cl)c1c[nH]c(=O)[nH]c1=O. The molecule has 0 aromatic carbocycles. The van der Waals surface area contributed by atoms with Crippen molar-refractivity contribution >= 4 is 23.3 Å². The summed E-state index contributed by atoms with van der Waals surface area (Å²) in [5.74, 6) is -0.732. The molecule has 0 aliphatic rings. The van der Waals surface area contributed by atoms with E-state index < -0.39 is 17.2 Å². The minimum atomic E-state index is -0.809. The van der Waals surface area contributed by atoms with E-state index in [1.54, 1.807) is 0 Å². The van der Waals surface area contributed by atoms with E-state index in [2.05, 4.69) is 20.3 Å². The van der Waals surface area contributed by atoms with Crippen LogP contribution in [0.25, 0.3) is 0 Å². The van der Waals surface area contributed by atoms with Crippen molar-refractivity contribution < 1.29 is 4.79 Å². The Hall–Kier alpha value is -2.48. The van der Waals surface area contributed by atoms with Crippen LogP contribution >= 0.6 is 11.6 Å². The van der Waals surface area contributed by atoms with E-state index in [1.807, 2.05) is 4.98 Å². The van der Waals surface area contributed by atoms with Gasteiger partial charge in [-0.1, -0.05) is 11.6 Å². The molecule has 3 N–H and O–H groups in total. The van der Waals surface area contributed by atoms with E-state index in [-0.39, 0.29) is 16.5 Å². The molecule has 0 unspecified atom stereocenters. The first-order valence-electron chi connectivity index (χ1n) is 4.68. The Morgan fingerprint density at radius 3 is 2.67 bits per heavy atom. The van der Waals surface area contributed by atoms with Gasteiger partial charge in [-0.25, -0.2) is 14.8 Å². The van der Waals surface area contributed by atoms with Crippen LogP contribution in [0.3, 0.4) is 0 Å². The van der Waals surface area contributed by atoms with Crippen molar-refractivity contribution in [2.24, 2.45) is 0 Å². The van der Waals surface area contributed by atoms with Gasteiger partial charge >= 0.3 is 5.69 Å². The van der Waals surface area contributed by atoms with Crippen molar-refractivity contribution in [3.8, 4) is 0 Å². The molecule has 2 heterocycles. The Bertz CT molecular complexity index is 708. The number of carbonyl (C=O) groups excluding carboxylic acids is 1. The summed E-state index contributed by atoms with van der Waals surface area (Å²) in [4.78, 5) is 45.5. The van der Waals surface area contributed by atoms with E-state index >= 15 is 0 Å². The molecule has 0 aliphatic carbocycles. The molecular formula is C9H6ClN5O3. The number of amides is 1. The van der Waals surface area contributed by atoms with E-state index in [0.717, 1.165) is 6.20 Å².